The third-order valence-electron chi connectivity index (χ3n) is 5.25. The van der Waals surface area contributed by atoms with Gasteiger partial charge in [0.05, 0.1) is 6.04 Å². The number of aliphatic hydroxyl groups is 1. The summed E-state index contributed by atoms with van der Waals surface area (Å²) in [6.07, 6.45) is 8.31. The predicted molar refractivity (Wildman–Crippen MR) is 73.7 cm³/mol. The molecule has 4 nitrogen and oxygen atoms in total. The molecule has 1 saturated carbocycles. The van der Waals surface area contributed by atoms with Crippen molar-refractivity contribution < 1.29 is 9.90 Å². The normalized spacial score (nSPS) is 39.1. The van der Waals surface area contributed by atoms with Crippen LogP contribution in [0.1, 0.15) is 44.9 Å². The monoisotopic (exact) mass is 266 g/mol. The Hall–Kier alpha value is -0.610. The summed E-state index contributed by atoms with van der Waals surface area (Å²) in [6.45, 7) is 1.85. The third-order valence-corrected chi connectivity index (χ3v) is 5.25. The van der Waals surface area contributed by atoms with Crippen LogP contribution in [0.2, 0.25) is 0 Å². The minimum absolute atomic E-state index is 0.0468. The van der Waals surface area contributed by atoms with Gasteiger partial charge in [-0.1, -0.05) is 12.8 Å². The van der Waals surface area contributed by atoms with Crippen molar-refractivity contribution in [3.63, 3.8) is 0 Å². The average molecular weight is 266 g/mol. The number of amides is 1. The standard InChI is InChI=1S/C15H26N2O2/c18-10-11-4-3-7-17(9-11)15(19)14-8-12-5-1-2-6-13(12)16-14/h11-14,16,18H,1-10H2. The van der Waals surface area contributed by atoms with Crippen LogP contribution in [0.25, 0.3) is 0 Å². The summed E-state index contributed by atoms with van der Waals surface area (Å²) in [7, 11) is 0. The van der Waals surface area contributed by atoms with Crippen LogP contribution in [0.5, 0.6) is 0 Å². The maximum absolute atomic E-state index is 12.6. The summed E-state index contributed by atoms with van der Waals surface area (Å²) in [4.78, 5) is 14.6. The molecule has 108 valence electrons. The molecule has 0 bridgehead atoms. The van der Waals surface area contributed by atoms with Crippen molar-refractivity contribution in [3.05, 3.63) is 0 Å². The van der Waals surface area contributed by atoms with Crippen molar-refractivity contribution in [1.29, 1.82) is 0 Å². The predicted octanol–water partition coefficient (Wildman–Crippen LogP) is 1.14. The van der Waals surface area contributed by atoms with Gasteiger partial charge < -0.3 is 15.3 Å². The number of hydrogen-bond donors (Lipinski definition) is 2. The van der Waals surface area contributed by atoms with Crippen LogP contribution in [-0.2, 0) is 4.79 Å². The molecule has 4 atom stereocenters. The van der Waals surface area contributed by atoms with E-state index in [1.54, 1.807) is 0 Å². The second-order valence-corrected chi connectivity index (χ2v) is 6.58. The van der Waals surface area contributed by atoms with Gasteiger partial charge >= 0.3 is 0 Å². The quantitative estimate of drug-likeness (QED) is 0.788. The zero-order valence-electron chi connectivity index (χ0n) is 11.7. The van der Waals surface area contributed by atoms with Crippen LogP contribution in [0.3, 0.4) is 0 Å². The number of likely N-dealkylation sites (tertiary alicyclic amines) is 1. The lowest BCUT2D eigenvalue weighted by Crippen LogP contribution is -2.49. The molecule has 19 heavy (non-hydrogen) atoms. The third kappa shape index (κ3) is 2.79. The molecule has 0 spiro atoms. The lowest BCUT2D eigenvalue weighted by atomic mass is 9.85. The number of piperidine rings is 1. The molecule has 2 N–H and O–H groups in total. The van der Waals surface area contributed by atoms with E-state index < -0.39 is 0 Å². The first-order valence-corrected chi connectivity index (χ1v) is 7.93. The topological polar surface area (TPSA) is 52.6 Å². The van der Waals surface area contributed by atoms with Crippen molar-refractivity contribution >= 4 is 5.91 Å². The first kappa shape index (κ1) is 13.4. The second kappa shape index (κ2) is 5.80. The van der Waals surface area contributed by atoms with Crippen molar-refractivity contribution in [2.24, 2.45) is 11.8 Å². The van der Waals surface area contributed by atoms with E-state index in [4.69, 9.17) is 0 Å². The lowest BCUT2D eigenvalue weighted by Gasteiger charge is -2.33. The summed E-state index contributed by atoms with van der Waals surface area (Å²) in [5.74, 6) is 1.30. The fourth-order valence-electron chi connectivity index (χ4n) is 4.15. The van der Waals surface area contributed by atoms with Gasteiger partial charge in [0.25, 0.3) is 0 Å². The Kier molecular flexibility index (Phi) is 4.08. The van der Waals surface area contributed by atoms with Gasteiger partial charge in [-0.3, -0.25) is 4.79 Å². The Morgan fingerprint density at radius 2 is 2.05 bits per heavy atom. The van der Waals surface area contributed by atoms with E-state index in [-0.39, 0.29) is 18.6 Å². The summed E-state index contributed by atoms with van der Waals surface area (Å²) >= 11 is 0. The van der Waals surface area contributed by atoms with Gasteiger partial charge in [-0.2, -0.15) is 0 Å². The molecule has 2 saturated heterocycles. The molecule has 2 heterocycles. The highest BCUT2D eigenvalue weighted by molar-refractivity contribution is 5.82. The smallest absolute Gasteiger partial charge is 0.239 e. The average Bonchev–Trinajstić information content (AvgIpc) is 2.90. The van der Waals surface area contributed by atoms with E-state index in [1.807, 2.05) is 4.90 Å². The summed E-state index contributed by atoms with van der Waals surface area (Å²) in [6, 6.07) is 0.631. The maximum Gasteiger partial charge on any atom is 0.239 e. The molecular formula is C15H26N2O2. The van der Waals surface area contributed by atoms with Gasteiger partial charge in [0, 0.05) is 25.7 Å². The van der Waals surface area contributed by atoms with Crippen molar-refractivity contribution in [1.82, 2.24) is 10.2 Å². The number of nitrogens with one attached hydrogen (secondary N) is 1. The second-order valence-electron chi connectivity index (χ2n) is 6.58. The Labute approximate surface area is 115 Å². The van der Waals surface area contributed by atoms with Gasteiger partial charge in [-0.05, 0) is 43.9 Å². The largest absolute Gasteiger partial charge is 0.396 e. The molecule has 3 rings (SSSR count). The SMILES string of the molecule is O=C(C1CC2CCCCC2N1)N1CCCC(CO)C1. The first-order valence-electron chi connectivity index (χ1n) is 7.93. The van der Waals surface area contributed by atoms with Crippen LogP contribution in [0, 0.1) is 11.8 Å². The number of carbonyl (C=O) groups excluding carboxylic acids is 1. The Bertz CT molecular complexity index is 320. The number of carbonyl (C=O) groups is 1. The molecule has 2 aliphatic heterocycles. The van der Waals surface area contributed by atoms with E-state index in [0.717, 1.165) is 38.3 Å². The van der Waals surface area contributed by atoms with Gasteiger partial charge in [0.2, 0.25) is 5.91 Å². The van der Waals surface area contributed by atoms with Crippen LogP contribution >= 0.6 is 0 Å². The highest BCUT2D eigenvalue weighted by Gasteiger charge is 2.40. The number of fused-ring (bicyclic) bond motifs is 1. The zero-order chi connectivity index (χ0) is 13.2. The van der Waals surface area contributed by atoms with E-state index in [9.17, 15) is 9.90 Å². The Morgan fingerprint density at radius 1 is 1.21 bits per heavy atom. The molecule has 4 unspecified atom stereocenters. The summed E-state index contributed by atoms with van der Waals surface area (Å²) < 4.78 is 0. The molecule has 3 aliphatic rings. The molecule has 0 aromatic heterocycles. The molecule has 1 aliphatic carbocycles. The molecule has 0 aromatic rings. The van der Waals surface area contributed by atoms with Gasteiger partial charge in [-0.15, -0.1) is 0 Å². The van der Waals surface area contributed by atoms with Crippen LogP contribution in [0.15, 0.2) is 0 Å². The summed E-state index contributed by atoms with van der Waals surface area (Å²) in [5.41, 5.74) is 0. The van der Waals surface area contributed by atoms with Crippen molar-refractivity contribution in [2.75, 3.05) is 19.7 Å². The van der Waals surface area contributed by atoms with Gasteiger partial charge in [-0.25, -0.2) is 0 Å². The molecule has 0 radical (unpaired) electrons. The Morgan fingerprint density at radius 3 is 2.84 bits per heavy atom. The molecular weight excluding hydrogens is 240 g/mol. The molecule has 3 fully saturated rings. The van der Waals surface area contributed by atoms with E-state index in [1.165, 1.54) is 25.7 Å². The maximum atomic E-state index is 12.6. The number of rotatable bonds is 2. The van der Waals surface area contributed by atoms with Gasteiger partial charge in [0.1, 0.15) is 0 Å². The number of nitrogens with zero attached hydrogens (tertiary/aromatic N) is 1. The fraction of sp³-hybridized carbons (Fsp3) is 0.933. The van der Waals surface area contributed by atoms with Crippen LogP contribution in [0.4, 0.5) is 0 Å². The van der Waals surface area contributed by atoms with E-state index >= 15 is 0 Å². The highest BCUT2D eigenvalue weighted by Crippen LogP contribution is 2.34. The fourth-order valence-corrected chi connectivity index (χ4v) is 4.15. The Balaban J connectivity index is 1.58. The zero-order valence-corrected chi connectivity index (χ0v) is 11.7. The van der Waals surface area contributed by atoms with E-state index in [0.29, 0.717) is 12.0 Å². The van der Waals surface area contributed by atoms with Crippen molar-refractivity contribution in [2.45, 2.75) is 57.0 Å². The number of hydrogen-bond acceptors (Lipinski definition) is 3. The van der Waals surface area contributed by atoms with Crippen LogP contribution < -0.4 is 5.32 Å². The molecule has 0 aromatic carbocycles. The highest BCUT2D eigenvalue weighted by atomic mass is 16.3. The number of aliphatic hydroxyl groups excluding tert-OH is 1. The first-order chi connectivity index (χ1) is 9.28. The minimum Gasteiger partial charge on any atom is -0.396 e. The molecule has 1 amide bonds. The van der Waals surface area contributed by atoms with Gasteiger partial charge in [0.15, 0.2) is 0 Å². The summed E-state index contributed by atoms with van der Waals surface area (Å²) in [5, 5.41) is 12.8. The molecule has 4 heteroatoms. The van der Waals surface area contributed by atoms with E-state index in [2.05, 4.69) is 5.32 Å². The van der Waals surface area contributed by atoms with Crippen LogP contribution in [-0.4, -0.2) is 47.7 Å². The lowest BCUT2D eigenvalue weighted by molar-refractivity contribution is -0.135. The van der Waals surface area contributed by atoms with Crippen molar-refractivity contribution in [3.8, 4) is 0 Å². The minimum atomic E-state index is 0.0468.